The first-order valence-electron chi connectivity index (χ1n) is 12.6. The number of halogens is 2. The highest BCUT2D eigenvalue weighted by molar-refractivity contribution is 5.95. The number of carbonyl (C=O) groups is 1. The fourth-order valence-corrected chi connectivity index (χ4v) is 4.74. The minimum Gasteiger partial charge on any atom is -0.485 e. The molecule has 5 rings (SSSR count). The zero-order chi connectivity index (χ0) is 26.6. The van der Waals surface area contributed by atoms with Crippen molar-refractivity contribution in [3.63, 3.8) is 0 Å². The zero-order valence-corrected chi connectivity index (χ0v) is 21.4. The Balaban J connectivity index is 1.28. The first-order chi connectivity index (χ1) is 18.4. The monoisotopic (exact) mass is 520 g/mol. The maximum Gasteiger partial charge on any atom is 0.270 e. The predicted octanol–water partition coefficient (Wildman–Crippen LogP) is 4.44. The van der Waals surface area contributed by atoms with E-state index in [0.29, 0.717) is 42.5 Å². The number of fused-ring (bicyclic) bond motifs is 1. The van der Waals surface area contributed by atoms with Crippen LogP contribution in [0.1, 0.15) is 32.9 Å². The molecule has 1 saturated heterocycles. The van der Waals surface area contributed by atoms with Gasteiger partial charge in [0.2, 0.25) is 0 Å². The third-order valence-electron chi connectivity index (χ3n) is 6.61. The van der Waals surface area contributed by atoms with Crippen molar-refractivity contribution in [1.29, 1.82) is 0 Å². The van der Waals surface area contributed by atoms with Gasteiger partial charge in [-0.25, -0.2) is 13.8 Å². The van der Waals surface area contributed by atoms with Crippen LogP contribution in [0.3, 0.4) is 0 Å². The summed E-state index contributed by atoms with van der Waals surface area (Å²) in [5, 5.41) is 2.99. The third-order valence-corrected chi connectivity index (χ3v) is 6.61. The van der Waals surface area contributed by atoms with Crippen LogP contribution < -0.4 is 10.1 Å². The van der Waals surface area contributed by atoms with Crippen LogP contribution in [0.4, 0.5) is 8.78 Å². The molecule has 0 radical (unpaired) electrons. The van der Waals surface area contributed by atoms with Crippen LogP contribution in [0.25, 0.3) is 5.65 Å². The summed E-state index contributed by atoms with van der Waals surface area (Å²) in [5.41, 5.74) is 3.18. The molecule has 38 heavy (non-hydrogen) atoms. The normalized spacial score (nSPS) is 16.1. The van der Waals surface area contributed by atoms with Gasteiger partial charge in [0.05, 0.1) is 24.0 Å². The Hall–Kier alpha value is -3.82. The van der Waals surface area contributed by atoms with Gasteiger partial charge in [0.1, 0.15) is 23.9 Å². The maximum absolute atomic E-state index is 14.1. The molecule has 0 saturated carbocycles. The van der Waals surface area contributed by atoms with Crippen molar-refractivity contribution >= 4 is 11.6 Å². The number of ether oxygens (including phenoxy) is 2. The Morgan fingerprint density at radius 1 is 1.13 bits per heavy atom. The smallest absolute Gasteiger partial charge is 0.270 e. The lowest BCUT2D eigenvalue weighted by Crippen LogP contribution is -2.47. The molecule has 2 aromatic heterocycles. The quantitative estimate of drug-likeness (QED) is 0.372. The van der Waals surface area contributed by atoms with E-state index in [1.54, 1.807) is 23.6 Å². The van der Waals surface area contributed by atoms with Crippen LogP contribution in [-0.2, 0) is 17.9 Å². The number of aromatic nitrogens is 2. The molecule has 198 valence electrons. The Labute approximate surface area is 220 Å². The molecule has 4 aromatic rings. The van der Waals surface area contributed by atoms with E-state index in [-0.39, 0.29) is 24.2 Å². The number of pyridine rings is 1. The number of nitrogens with zero attached hydrogens (tertiary/aromatic N) is 3. The predicted molar refractivity (Wildman–Crippen MR) is 139 cm³/mol. The summed E-state index contributed by atoms with van der Waals surface area (Å²) < 4.78 is 41.5. The second-order valence-electron chi connectivity index (χ2n) is 9.53. The van der Waals surface area contributed by atoms with Gasteiger partial charge in [0, 0.05) is 32.4 Å². The van der Waals surface area contributed by atoms with E-state index < -0.39 is 11.6 Å². The molecular weight excluding hydrogens is 490 g/mol. The van der Waals surface area contributed by atoms with Crippen LogP contribution in [0.2, 0.25) is 0 Å². The van der Waals surface area contributed by atoms with Crippen LogP contribution in [0.5, 0.6) is 5.75 Å². The molecule has 9 heteroatoms. The number of hydrogen-bond acceptors (Lipinski definition) is 5. The number of imidazole rings is 1. The lowest BCUT2D eigenvalue weighted by atomic mass is 10.2. The van der Waals surface area contributed by atoms with E-state index >= 15 is 0 Å². The van der Waals surface area contributed by atoms with Gasteiger partial charge in [-0.2, -0.15) is 0 Å². The van der Waals surface area contributed by atoms with Crippen LogP contribution in [-0.4, -0.2) is 52.5 Å². The zero-order valence-electron chi connectivity index (χ0n) is 21.4. The molecule has 7 nitrogen and oxygen atoms in total. The number of nitrogens with one attached hydrogen (secondary N) is 1. The fraction of sp³-hybridized carbons (Fsp3) is 0.310. The topological polar surface area (TPSA) is 68.1 Å². The molecule has 1 fully saturated rings. The molecule has 2 aromatic carbocycles. The maximum atomic E-state index is 14.1. The van der Waals surface area contributed by atoms with E-state index in [9.17, 15) is 13.6 Å². The number of benzene rings is 2. The lowest BCUT2D eigenvalue weighted by molar-refractivity contribution is -0.0292. The summed E-state index contributed by atoms with van der Waals surface area (Å²) in [5.74, 6) is -1.31. The average molecular weight is 521 g/mol. The number of aryl methyl sites for hydroxylation is 2. The van der Waals surface area contributed by atoms with Crippen molar-refractivity contribution in [2.45, 2.75) is 33.1 Å². The highest BCUT2D eigenvalue weighted by atomic mass is 19.1. The number of amides is 1. The van der Waals surface area contributed by atoms with Gasteiger partial charge >= 0.3 is 0 Å². The number of hydrogen-bond donors (Lipinski definition) is 1. The Morgan fingerprint density at radius 2 is 1.89 bits per heavy atom. The summed E-state index contributed by atoms with van der Waals surface area (Å²) >= 11 is 0. The standard InChI is InChI=1S/C29H30F2N4O3/c1-19-13-26(38-18-23-24(30)9-6-10-25(23)31)28-33-20(2)27(35(28)15-19)29(36)32-14-22-17-34(11-12-37-22)16-21-7-4-3-5-8-21/h3-10,13,15,22H,11-12,14,16-18H2,1-2H3,(H,32,36). The molecule has 1 atom stereocenters. The number of rotatable bonds is 8. The molecule has 0 bridgehead atoms. The minimum atomic E-state index is -0.680. The summed E-state index contributed by atoms with van der Waals surface area (Å²) in [6, 6.07) is 15.7. The van der Waals surface area contributed by atoms with Crippen molar-refractivity contribution in [3.8, 4) is 5.75 Å². The first-order valence-corrected chi connectivity index (χ1v) is 12.6. The number of carbonyl (C=O) groups excluding carboxylic acids is 1. The van der Waals surface area contributed by atoms with Crippen molar-refractivity contribution in [3.05, 3.63) is 101 Å². The molecule has 3 heterocycles. The lowest BCUT2D eigenvalue weighted by Gasteiger charge is -2.33. The summed E-state index contributed by atoms with van der Waals surface area (Å²) in [6.07, 6.45) is 1.66. The van der Waals surface area contributed by atoms with Crippen molar-refractivity contribution in [1.82, 2.24) is 19.6 Å². The van der Waals surface area contributed by atoms with E-state index in [4.69, 9.17) is 9.47 Å². The van der Waals surface area contributed by atoms with Crippen molar-refractivity contribution < 1.29 is 23.0 Å². The van der Waals surface area contributed by atoms with Gasteiger partial charge in [0.25, 0.3) is 5.91 Å². The van der Waals surface area contributed by atoms with Crippen LogP contribution in [0, 0.1) is 25.5 Å². The molecule has 1 aliphatic rings. The van der Waals surface area contributed by atoms with Gasteiger partial charge in [-0.3, -0.25) is 14.1 Å². The summed E-state index contributed by atoms with van der Waals surface area (Å²) in [4.78, 5) is 20.1. The molecule has 1 aliphatic heterocycles. The summed E-state index contributed by atoms with van der Waals surface area (Å²) in [6.45, 7) is 6.64. The van der Waals surface area contributed by atoms with Gasteiger partial charge < -0.3 is 14.8 Å². The highest BCUT2D eigenvalue weighted by Gasteiger charge is 2.24. The molecule has 0 aliphatic carbocycles. The van der Waals surface area contributed by atoms with E-state index in [1.165, 1.54) is 23.8 Å². The van der Waals surface area contributed by atoms with E-state index in [1.807, 2.05) is 25.1 Å². The molecule has 1 N–H and O–H groups in total. The van der Waals surface area contributed by atoms with Crippen LogP contribution >= 0.6 is 0 Å². The largest absolute Gasteiger partial charge is 0.485 e. The highest BCUT2D eigenvalue weighted by Crippen LogP contribution is 2.26. The minimum absolute atomic E-state index is 0.132. The fourth-order valence-electron chi connectivity index (χ4n) is 4.74. The molecule has 0 spiro atoms. The van der Waals surface area contributed by atoms with Crippen molar-refractivity contribution in [2.75, 3.05) is 26.2 Å². The second-order valence-corrected chi connectivity index (χ2v) is 9.53. The molecule has 1 unspecified atom stereocenters. The number of morpholine rings is 1. The first kappa shape index (κ1) is 25.8. The van der Waals surface area contributed by atoms with Gasteiger partial charge in [-0.1, -0.05) is 36.4 Å². The third kappa shape index (κ3) is 5.69. The van der Waals surface area contributed by atoms with Crippen molar-refractivity contribution in [2.24, 2.45) is 0 Å². The van der Waals surface area contributed by atoms with Gasteiger partial charge in [-0.05, 0) is 43.2 Å². The van der Waals surface area contributed by atoms with E-state index in [0.717, 1.165) is 18.7 Å². The van der Waals surface area contributed by atoms with Gasteiger partial charge in [-0.15, -0.1) is 0 Å². The molecular formula is C29H30F2N4O3. The van der Waals surface area contributed by atoms with Gasteiger partial charge in [0.15, 0.2) is 11.4 Å². The molecule has 1 amide bonds. The Bertz CT molecular complexity index is 1420. The summed E-state index contributed by atoms with van der Waals surface area (Å²) in [7, 11) is 0. The van der Waals surface area contributed by atoms with E-state index in [2.05, 4.69) is 27.3 Å². The average Bonchev–Trinajstić information content (AvgIpc) is 3.23. The Kier molecular flexibility index (Phi) is 7.67. The second kappa shape index (κ2) is 11.3. The van der Waals surface area contributed by atoms with Crippen LogP contribution in [0.15, 0.2) is 60.8 Å². The Morgan fingerprint density at radius 3 is 2.66 bits per heavy atom. The SMILES string of the molecule is Cc1cc(OCc2c(F)cccc2F)c2nc(C)c(C(=O)NCC3CN(Cc4ccccc4)CCO3)n2c1.